The van der Waals surface area contributed by atoms with Gasteiger partial charge in [-0.1, -0.05) is 0 Å². The summed E-state index contributed by atoms with van der Waals surface area (Å²) in [4.78, 5) is 77.5. The van der Waals surface area contributed by atoms with Crippen LogP contribution < -0.4 is 5.32 Å². The molecule has 1 N–H and O–H groups in total. The first-order chi connectivity index (χ1) is 16.8. The van der Waals surface area contributed by atoms with E-state index in [9.17, 15) is 60.7 Å². The van der Waals surface area contributed by atoms with Gasteiger partial charge in [0.05, 0.1) is 0 Å². The van der Waals surface area contributed by atoms with Crippen LogP contribution in [0.1, 0.15) is 17.4 Å². The van der Waals surface area contributed by atoms with Crippen LogP contribution in [-0.2, 0) is 0 Å². The van der Waals surface area contributed by atoms with Crippen molar-refractivity contribution in [3.05, 3.63) is 83.7 Å². The maximum absolute atomic E-state index is 11.4. The van der Waals surface area contributed by atoms with Gasteiger partial charge >= 0.3 is 34.9 Å². The van der Waals surface area contributed by atoms with Gasteiger partial charge in [-0.2, -0.15) is 0 Å². The molecule has 0 amide bonds. The SMILES string of the molecule is O=[N+]([O-])C1=C([N+](=O)[O-])NC2C(=N1)c1nc([N+](=O)[O-])c([N+](=O)[O-])nc1-c1nc([N+](=O)[O-])c([N+](=O)[O-])nc12. The Hall–Kier alpha value is -6.23. The molecular formula is C12H2N12O12. The Morgan fingerprint density at radius 3 is 1.44 bits per heavy atom. The van der Waals surface area contributed by atoms with E-state index in [0.717, 1.165) is 0 Å². The molecule has 24 heteroatoms. The molecule has 1 atom stereocenters. The van der Waals surface area contributed by atoms with E-state index in [1.54, 1.807) is 0 Å². The minimum atomic E-state index is -1.85. The number of rotatable bonds is 6. The van der Waals surface area contributed by atoms with Crippen molar-refractivity contribution in [2.24, 2.45) is 4.99 Å². The first kappa shape index (κ1) is 22.9. The molecule has 4 rings (SSSR count). The van der Waals surface area contributed by atoms with Crippen molar-refractivity contribution >= 4 is 29.0 Å². The van der Waals surface area contributed by atoms with Crippen molar-refractivity contribution in [1.29, 1.82) is 0 Å². The fraction of sp³-hybridized carbons (Fsp3) is 0.0833. The lowest BCUT2D eigenvalue weighted by Gasteiger charge is -2.17. The molecule has 2 aromatic heterocycles. The topological polar surface area (TPSA) is 335 Å². The third-order valence-electron chi connectivity index (χ3n) is 4.53. The number of hydrogen-bond acceptors (Lipinski definition) is 18. The smallest absolute Gasteiger partial charge is 0.358 e. The Bertz CT molecular complexity index is 1550. The second-order valence-corrected chi connectivity index (χ2v) is 6.46. The van der Waals surface area contributed by atoms with E-state index >= 15 is 0 Å². The molecule has 182 valence electrons. The van der Waals surface area contributed by atoms with E-state index in [1.807, 2.05) is 5.32 Å². The molecule has 0 aromatic carbocycles. The van der Waals surface area contributed by atoms with Gasteiger partial charge in [0.1, 0.15) is 0 Å². The van der Waals surface area contributed by atoms with E-state index in [2.05, 4.69) is 24.9 Å². The summed E-state index contributed by atoms with van der Waals surface area (Å²) in [5.41, 5.74) is -3.93. The molecule has 0 saturated carbocycles. The summed E-state index contributed by atoms with van der Waals surface area (Å²) in [6.07, 6.45) is 0. The molecule has 0 spiro atoms. The summed E-state index contributed by atoms with van der Waals surface area (Å²) >= 11 is 0. The molecule has 0 bridgehead atoms. The third-order valence-corrected chi connectivity index (χ3v) is 4.53. The maximum Gasteiger partial charge on any atom is 0.463 e. The molecule has 0 fully saturated rings. The van der Waals surface area contributed by atoms with Gasteiger partial charge in [0, 0.05) is 0 Å². The van der Waals surface area contributed by atoms with Crippen LogP contribution in [0.4, 0.5) is 23.3 Å². The van der Waals surface area contributed by atoms with Gasteiger partial charge in [-0.15, -0.1) is 0 Å². The molecule has 1 unspecified atom stereocenters. The summed E-state index contributed by atoms with van der Waals surface area (Å²) in [5.74, 6) is -8.65. The lowest BCUT2D eigenvalue weighted by molar-refractivity contribution is -0.477. The number of hydrogen-bond donors (Lipinski definition) is 1. The first-order valence-corrected chi connectivity index (χ1v) is 8.63. The summed E-state index contributed by atoms with van der Waals surface area (Å²) < 4.78 is 0. The molecular weight excluding hydrogens is 504 g/mol. The molecule has 36 heavy (non-hydrogen) atoms. The van der Waals surface area contributed by atoms with Crippen LogP contribution in [0, 0.1) is 60.7 Å². The zero-order valence-corrected chi connectivity index (χ0v) is 16.4. The van der Waals surface area contributed by atoms with Crippen molar-refractivity contribution in [3.63, 3.8) is 0 Å². The molecule has 2 aliphatic rings. The zero-order valence-electron chi connectivity index (χ0n) is 16.4. The van der Waals surface area contributed by atoms with Gasteiger partial charge < -0.3 is 60.7 Å². The summed E-state index contributed by atoms with van der Waals surface area (Å²) in [5, 5.41) is 70.1. The van der Waals surface area contributed by atoms with Crippen LogP contribution in [0.2, 0.25) is 0 Å². The van der Waals surface area contributed by atoms with Gasteiger partial charge in [0.2, 0.25) is 6.04 Å². The molecule has 0 radical (unpaired) electrons. The van der Waals surface area contributed by atoms with Crippen LogP contribution in [0.25, 0.3) is 11.4 Å². The van der Waals surface area contributed by atoms with Crippen LogP contribution in [0.3, 0.4) is 0 Å². The van der Waals surface area contributed by atoms with Crippen LogP contribution in [0.15, 0.2) is 16.6 Å². The average Bonchev–Trinajstić information content (AvgIpc) is 2.81. The van der Waals surface area contributed by atoms with Crippen molar-refractivity contribution in [1.82, 2.24) is 25.3 Å². The Morgan fingerprint density at radius 2 is 1.00 bits per heavy atom. The Labute approximate surface area is 190 Å². The highest BCUT2D eigenvalue weighted by Crippen LogP contribution is 2.42. The molecule has 3 heterocycles. The largest absolute Gasteiger partial charge is 0.463 e. The number of aliphatic imine (C=N–C) groups is 1. The van der Waals surface area contributed by atoms with Crippen molar-refractivity contribution in [2.75, 3.05) is 0 Å². The number of fused-ring (bicyclic) bond motifs is 6. The molecule has 1 aliphatic carbocycles. The van der Waals surface area contributed by atoms with Crippen LogP contribution in [-0.4, -0.2) is 55.2 Å². The van der Waals surface area contributed by atoms with Gasteiger partial charge in [-0.05, 0) is 54.5 Å². The van der Waals surface area contributed by atoms with Crippen molar-refractivity contribution in [2.45, 2.75) is 6.04 Å². The predicted molar refractivity (Wildman–Crippen MR) is 103 cm³/mol. The van der Waals surface area contributed by atoms with E-state index in [1.165, 1.54) is 0 Å². The predicted octanol–water partition coefficient (Wildman–Crippen LogP) is -0.307. The summed E-state index contributed by atoms with van der Waals surface area (Å²) in [6.45, 7) is 0. The number of nitrogens with zero attached hydrogens (tertiary/aromatic N) is 11. The fourth-order valence-corrected chi connectivity index (χ4v) is 3.21. The average molecular weight is 506 g/mol. The molecule has 2 aromatic rings. The summed E-state index contributed by atoms with van der Waals surface area (Å²) in [7, 11) is 0. The van der Waals surface area contributed by atoms with Crippen molar-refractivity contribution < 1.29 is 29.5 Å². The van der Waals surface area contributed by atoms with Crippen LogP contribution in [0.5, 0.6) is 0 Å². The monoisotopic (exact) mass is 506 g/mol. The normalized spacial score (nSPS) is 15.4. The van der Waals surface area contributed by atoms with Gasteiger partial charge in [0.15, 0.2) is 0 Å². The van der Waals surface area contributed by atoms with Gasteiger partial charge in [-0.3, -0.25) is 0 Å². The van der Waals surface area contributed by atoms with E-state index < -0.39 is 99.0 Å². The number of nitro groups is 6. The van der Waals surface area contributed by atoms with E-state index in [4.69, 9.17) is 0 Å². The van der Waals surface area contributed by atoms with Crippen LogP contribution >= 0.6 is 0 Å². The molecule has 0 saturated heterocycles. The third kappa shape index (κ3) is 3.29. The number of nitrogens with one attached hydrogen (secondary N) is 1. The highest BCUT2D eigenvalue weighted by atomic mass is 16.7. The van der Waals surface area contributed by atoms with E-state index in [0.29, 0.717) is 0 Å². The second-order valence-electron chi connectivity index (χ2n) is 6.46. The Balaban J connectivity index is 2.18. The Kier molecular flexibility index (Phi) is 4.89. The highest BCUT2D eigenvalue weighted by molar-refractivity contribution is 6.11. The molecule has 1 aliphatic heterocycles. The van der Waals surface area contributed by atoms with Gasteiger partial charge in [-0.25, -0.2) is 5.32 Å². The standard InChI is InChI=1S/C12H2N12O12/c25-19(26)7-8(20(27)28)14-2-1(13-7)3-5(16-10(22(31)32)9(15-3)21(29)30)6-4(2)17-11(23(33)34)12(18-6)24(35)36/h1,13H. The minimum absolute atomic E-state index is 0.738. The number of aromatic nitrogens is 4. The van der Waals surface area contributed by atoms with E-state index in [-0.39, 0.29) is 0 Å². The molecule has 24 nitrogen and oxygen atoms in total. The highest BCUT2D eigenvalue weighted by Gasteiger charge is 2.58. The van der Waals surface area contributed by atoms with Gasteiger partial charge in [0.25, 0.3) is 28.5 Å². The zero-order chi connectivity index (χ0) is 26.6. The quantitative estimate of drug-likeness (QED) is 0.387. The lowest BCUT2D eigenvalue weighted by Crippen LogP contribution is -2.40. The second kappa shape index (κ2) is 7.67. The first-order valence-electron chi connectivity index (χ1n) is 8.63. The lowest BCUT2D eigenvalue weighted by atomic mass is 9.92. The summed E-state index contributed by atoms with van der Waals surface area (Å²) in [6, 6.07) is -1.85. The Morgan fingerprint density at radius 1 is 0.556 bits per heavy atom. The maximum atomic E-state index is 11.4. The van der Waals surface area contributed by atoms with Crippen molar-refractivity contribution in [3.8, 4) is 11.4 Å². The minimum Gasteiger partial charge on any atom is -0.358 e. The fourth-order valence-electron chi connectivity index (χ4n) is 3.21.